The fourth-order valence-corrected chi connectivity index (χ4v) is 2.38. The Labute approximate surface area is 102 Å². The second-order valence-electron chi connectivity index (χ2n) is 4.49. The van der Waals surface area contributed by atoms with Gasteiger partial charge in [-0.05, 0) is 13.8 Å². The molecule has 0 aliphatic rings. The van der Waals surface area contributed by atoms with Crippen molar-refractivity contribution in [2.24, 2.45) is 0 Å². The van der Waals surface area contributed by atoms with Gasteiger partial charge >= 0.3 is 5.97 Å². The minimum atomic E-state index is -3.33. The number of sulfonamides is 1. The molecule has 7 nitrogen and oxygen atoms in total. The molecule has 0 fully saturated rings. The van der Waals surface area contributed by atoms with Crippen LogP contribution < -0.4 is 10.0 Å². The Kier molecular flexibility index (Phi) is 6.03. The largest absolute Gasteiger partial charge is 0.480 e. The van der Waals surface area contributed by atoms with Crippen molar-refractivity contribution < 1.29 is 23.1 Å². The summed E-state index contributed by atoms with van der Waals surface area (Å²) < 4.78 is 29.3. The summed E-state index contributed by atoms with van der Waals surface area (Å²) in [6.07, 6.45) is 1.05. The van der Waals surface area contributed by atoms with E-state index in [-0.39, 0.29) is 13.2 Å². The molecule has 0 aromatic carbocycles. The van der Waals surface area contributed by atoms with E-state index in [0.717, 1.165) is 6.26 Å². The van der Waals surface area contributed by atoms with Crippen molar-refractivity contribution in [3.8, 4) is 0 Å². The van der Waals surface area contributed by atoms with Crippen LogP contribution in [0, 0.1) is 0 Å². The van der Waals surface area contributed by atoms with Gasteiger partial charge in [-0.1, -0.05) is 0 Å². The summed E-state index contributed by atoms with van der Waals surface area (Å²) in [5.41, 5.74) is -0.769. The number of aliphatic carboxylic acids is 1. The fourth-order valence-electron chi connectivity index (χ4n) is 1.30. The first-order valence-corrected chi connectivity index (χ1v) is 6.90. The average Bonchev–Trinajstić information content (AvgIpc) is 2.07. The van der Waals surface area contributed by atoms with Crippen molar-refractivity contribution in [3.63, 3.8) is 0 Å². The van der Waals surface area contributed by atoms with Gasteiger partial charge in [0.25, 0.3) is 0 Å². The summed E-state index contributed by atoms with van der Waals surface area (Å²) in [5.74, 6) is -1.04. The van der Waals surface area contributed by atoms with Gasteiger partial charge in [-0.3, -0.25) is 4.79 Å². The highest BCUT2D eigenvalue weighted by Gasteiger charge is 2.25. The quantitative estimate of drug-likeness (QED) is 0.522. The molecule has 8 heteroatoms. The highest BCUT2D eigenvalue weighted by molar-refractivity contribution is 7.88. The standard InChI is InChI=1S/C9H20N2O5S/c1-9(2,11-17(4,14)15)6-10-7(5-16-3)8(12)13/h7,10-11H,5-6H2,1-4H3,(H,12,13). The molecule has 0 spiro atoms. The molecule has 0 rings (SSSR count). The summed E-state index contributed by atoms with van der Waals surface area (Å²) in [5, 5.41) is 11.6. The van der Waals surface area contributed by atoms with Crippen LogP contribution in [0.2, 0.25) is 0 Å². The number of carboxylic acid groups (broad SMARTS) is 1. The number of rotatable bonds is 8. The molecule has 0 amide bonds. The first-order valence-electron chi connectivity index (χ1n) is 5.01. The van der Waals surface area contributed by atoms with E-state index >= 15 is 0 Å². The van der Waals surface area contributed by atoms with Gasteiger partial charge in [-0.2, -0.15) is 0 Å². The topological polar surface area (TPSA) is 105 Å². The Morgan fingerprint density at radius 3 is 2.35 bits per heavy atom. The maximum Gasteiger partial charge on any atom is 0.323 e. The number of hydrogen-bond acceptors (Lipinski definition) is 5. The monoisotopic (exact) mass is 268 g/mol. The third-order valence-electron chi connectivity index (χ3n) is 1.88. The molecule has 0 aromatic heterocycles. The second-order valence-corrected chi connectivity index (χ2v) is 6.23. The predicted molar refractivity (Wildman–Crippen MR) is 63.4 cm³/mol. The molecule has 17 heavy (non-hydrogen) atoms. The van der Waals surface area contributed by atoms with Gasteiger partial charge in [-0.15, -0.1) is 0 Å². The summed E-state index contributed by atoms with van der Waals surface area (Å²) in [7, 11) is -1.93. The molecule has 0 saturated carbocycles. The zero-order valence-corrected chi connectivity index (χ0v) is 11.3. The Bertz CT molecular complexity index is 352. The third-order valence-corrected chi connectivity index (χ3v) is 2.81. The number of carboxylic acids is 1. The SMILES string of the molecule is COCC(NCC(C)(C)NS(C)(=O)=O)C(=O)O. The third kappa shape index (κ3) is 8.08. The molecular weight excluding hydrogens is 248 g/mol. The van der Waals surface area contributed by atoms with Crippen molar-refractivity contribution in [3.05, 3.63) is 0 Å². The minimum Gasteiger partial charge on any atom is -0.480 e. The van der Waals surface area contributed by atoms with Crippen LogP contribution >= 0.6 is 0 Å². The van der Waals surface area contributed by atoms with E-state index in [1.165, 1.54) is 7.11 Å². The number of carbonyl (C=O) groups is 1. The molecule has 0 radical (unpaired) electrons. The lowest BCUT2D eigenvalue weighted by molar-refractivity contribution is -0.140. The van der Waals surface area contributed by atoms with E-state index < -0.39 is 27.6 Å². The van der Waals surface area contributed by atoms with Gasteiger partial charge in [0.05, 0.1) is 12.9 Å². The molecule has 0 aliphatic carbocycles. The number of hydrogen-bond donors (Lipinski definition) is 3. The van der Waals surface area contributed by atoms with Gasteiger partial charge in [-0.25, -0.2) is 13.1 Å². The van der Waals surface area contributed by atoms with Crippen LogP contribution in [0.3, 0.4) is 0 Å². The molecular formula is C9H20N2O5S. The summed E-state index contributed by atoms with van der Waals surface area (Å²) >= 11 is 0. The first-order chi connectivity index (χ1) is 7.57. The van der Waals surface area contributed by atoms with Crippen molar-refractivity contribution in [1.82, 2.24) is 10.0 Å². The number of methoxy groups -OCH3 is 1. The number of nitrogens with one attached hydrogen (secondary N) is 2. The Morgan fingerprint density at radius 2 is 2.00 bits per heavy atom. The lowest BCUT2D eigenvalue weighted by Crippen LogP contribution is -2.54. The van der Waals surface area contributed by atoms with E-state index in [1.54, 1.807) is 13.8 Å². The van der Waals surface area contributed by atoms with Gasteiger partial charge in [0.1, 0.15) is 6.04 Å². The number of ether oxygens (including phenoxy) is 1. The van der Waals surface area contributed by atoms with Gasteiger partial charge < -0.3 is 15.2 Å². The zero-order chi connectivity index (χ0) is 13.7. The molecule has 1 unspecified atom stereocenters. The Hall–Kier alpha value is -0.700. The molecule has 0 heterocycles. The van der Waals surface area contributed by atoms with Crippen LogP contribution in [-0.4, -0.2) is 57.6 Å². The molecule has 0 aromatic rings. The minimum absolute atomic E-state index is 0.0181. The fraction of sp³-hybridized carbons (Fsp3) is 0.889. The zero-order valence-electron chi connectivity index (χ0n) is 10.5. The van der Waals surface area contributed by atoms with Gasteiger partial charge in [0.2, 0.25) is 10.0 Å². The van der Waals surface area contributed by atoms with Crippen molar-refractivity contribution in [2.75, 3.05) is 26.5 Å². The van der Waals surface area contributed by atoms with E-state index in [9.17, 15) is 13.2 Å². The molecule has 3 N–H and O–H groups in total. The van der Waals surface area contributed by atoms with E-state index in [2.05, 4.69) is 10.0 Å². The van der Waals surface area contributed by atoms with Crippen molar-refractivity contribution in [2.45, 2.75) is 25.4 Å². The van der Waals surface area contributed by atoms with Crippen LogP contribution in [0.4, 0.5) is 0 Å². The molecule has 102 valence electrons. The van der Waals surface area contributed by atoms with Crippen LogP contribution in [0.15, 0.2) is 0 Å². The Balaban J connectivity index is 4.37. The summed E-state index contributed by atoms with van der Waals surface area (Å²) in [6, 6.07) is -0.861. The van der Waals surface area contributed by atoms with Gasteiger partial charge in [0, 0.05) is 19.2 Å². The van der Waals surface area contributed by atoms with Crippen LogP contribution in [-0.2, 0) is 19.6 Å². The average molecular weight is 268 g/mol. The normalized spacial score (nSPS) is 14.6. The van der Waals surface area contributed by atoms with Crippen molar-refractivity contribution in [1.29, 1.82) is 0 Å². The predicted octanol–water partition coefficient (Wildman–Crippen LogP) is -0.997. The van der Waals surface area contributed by atoms with Crippen LogP contribution in [0.25, 0.3) is 0 Å². The van der Waals surface area contributed by atoms with E-state index in [1.807, 2.05) is 0 Å². The van der Waals surface area contributed by atoms with Crippen LogP contribution in [0.1, 0.15) is 13.8 Å². The molecule has 1 atom stereocenters. The maximum atomic E-state index is 11.1. The van der Waals surface area contributed by atoms with Crippen molar-refractivity contribution >= 4 is 16.0 Å². The molecule has 0 aliphatic heterocycles. The Morgan fingerprint density at radius 1 is 1.47 bits per heavy atom. The highest BCUT2D eigenvalue weighted by atomic mass is 32.2. The lowest BCUT2D eigenvalue weighted by Gasteiger charge is -2.27. The summed E-state index contributed by atoms with van der Waals surface area (Å²) in [6.45, 7) is 3.52. The molecule has 0 bridgehead atoms. The van der Waals surface area contributed by atoms with E-state index in [4.69, 9.17) is 9.84 Å². The summed E-state index contributed by atoms with van der Waals surface area (Å²) in [4.78, 5) is 10.8. The van der Waals surface area contributed by atoms with Crippen LogP contribution in [0.5, 0.6) is 0 Å². The van der Waals surface area contributed by atoms with E-state index in [0.29, 0.717) is 0 Å². The lowest BCUT2D eigenvalue weighted by atomic mass is 10.1. The smallest absolute Gasteiger partial charge is 0.323 e. The molecule has 0 saturated heterocycles. The first kappa shape index (κ1) is 16.3. The second kappa shape index (κ2) is 6.29. The maximum absolute atomic E-state index is 11.1. The highest BCUT2D eigenvalue weighted by Crippen LogP contribution is 2.02. The van der Waals surface area contributed by atoms with Gasteiger partial charge in [0.15, 0.2) is 0 Å².